The number of carbonyl (C=O) groups excluding carboxylic acids is 3. The Kier molecular flexibility index (Phi) is 4.02. The maximum Gasteiger partial charge on any atom is 0.253 e. The molecular formula is C14H17N3O3. The molecule has 2 rings (SSSR count). The SMILES string of the molecule is CN(C)C(=O)c1ccc(NC(=O)C2CNC(=O)C2)cc1. The van der Waals surface area contributed by atoms with Gasteiger partial charge in [0, 0.05) is 38.3 Å². The number of nitrogens with zero attached hydrogens (tertiary/aromatic N) is 1. The number of benzene rings is 1. The van der Waals surface area contributed by atoms with Gasteiger partial charge in [0.2, 0.25) is 11.8 Å². The summed E-state index contributed by atoms with van der Waals surface area (Å²) in [6, 6.07) is 6.68. The average Bonchev–Trinajstić information content (AvgIpc) is 2.85. The van der Waals surface area contributed by atoms with Crippen LogP contribution in [0.25, 0.3) is 0 Å². The molecule has 6 heteroatoms. The van der Waals surface area contributed by atoms with E-state index in [-0.39, 0.29) is 30.1 Å². The summed E-state index contributed by atoms with van der Waals surface area (Å²) < 4.78 is 0. The van der Waals surface area contributed by atoms with Gasteiger partial charge in [0.15, 0.2) is 0 Å². The normalized spacial score (nSPS) is 17.5. The summed E-state index contributed by atoms with van der Waals surface area (Å²) in [6.07, 6.45) is 0.225. The molecule has 1 aromatic rings. The zero-order chi connectivity index (χ0) is 14.7. The highest BCUT2D eigenvalue weighted by Crippen LogP contribution is 2.15. The molecular weight excluding hydrogens is 258 g/mol. The molecule has 1 heterocycles. The Hall–Kier alpha value is -2.37. The van der Waals surface area contributed by atoms with E-state index in [2.05, 4.69) is 10.6 Å². The fourth-order valence-electron chi connectivity index (χ4n) is 1.99. The standard InChI is InChI=1S/C14H17N3O3/c1-17(2)14(20)9-3-5-11(6-4-9)16-13(19)10-7-12(18)15-8-10/h3-6,10H,7-8H2,1-2H3,(H,15,18)(H,16,19). The number of hydrogen-bond acceptors (Lipinski definition) is 3. The van der Waals surface area contributed by atoms with Crippen molar-refractivity contribution in [2.45, 2.75) is 6.42 Å². The molecule has 6 nitrogen and oxygen atoms in total. The van der Waals surface area contributed by atoms with Crippen LogP contribution in [0.5, 0.6) is 0 Å². The van der Waals surface area contributed by atoms with Crippen molar-refractivity contribution in [1.29, 1.82) is 0 Å². The molecule has 0 aliphatic carbocycles. The van der Waals surface area contributed by atoms with E-state index in [0.29, 0.717) is 17.8 Å². The van der Waals surface area contributed by atoms with Crippen molar-refractivity contribution in [3.63, 3.8) is 0 Å². The van der Waals surface area contributed by atoms with Gasteiger partial charge in [0.25, 0.3) is 5.91 Å². The zero-order valence-corrected chi connectivity index (χ0v) is 11.5. The van der Waals surface area contributed by atoms with Crippen LogP contribution in [0.1, 0.15) is 16.8 Å². The summed E-state index contributed by atoms with van der Waals surface area (Å²) >= 11 is 0. The molecule has 106 valence electrons. The second-order valence-corrected chi connectivity index (χ2v) is 4.97. The third-order valence-electron chi connectivity index (χ3n) is 3.15. The Morgan fingerprint density at radius 1 is 1.25 bits per heavy atom. The Balaban J connectivity index is 1.98. The van der Waals surface area contributed by atoms with Crippen LogP contribution >= 0.6 is 0 Å². The smallest absolute Gasteiger partial charge is 0.253 e. The van der Waals surface area contributed by atoms with E-state index in [1.165, 1.54) is 4.90 Å². The van der Waals surface area contributed by atoms with Crippen LogP contribution in [0.4, 0.5) is 5.69 Å². The van der Waals surface area contributed by atoms with Crippen LogP contribution in [-0.2, 0) is 9.59 Å². The largest absolute Gasteiger partial charge is 0.355 e. The van der Waals surface area contributed by atoms with Gasteiger partial charge in [0.1, 0.15) is 0 Å². The minimum absolute atomic E-state index is 0.0894. The topological polar surface area (TPSA) is 78.5 Å². The Labute approximate surface area is 117 Å². The molecule has 0 saturated carbocycles. The van der Waals surface area contributed by atoms with E-state index >= 15 is 0 Å². The molecule has 0 aromatic heterocycles. The van der Waals surface area contributed by atoms with Crippen LogP contribution in [0.3, 0.4) is 0 Å². The molecule has 1 saturated heterocycles. The van der Waals surface area contributed by atoms with Gasteiger partial charge < -0.3 is 15.5 Å². The first-order valence-electron chi connectivity index (χ1n) is 6.36. The van der Waals surface area contributed by atoms with Gasteiger partial charge in [-0.3, -0.25) is 14.4 Å². The number of hydrogen-bond donors (Lipinski definition) is 2. The van der Waals surface area contributed by atoms with Gasteiger partial charge in [-0.2, -0.15) is 0 Å². The van der Waals surface area contributed by atoms with Crippen LogP contribution in [0.15, 0.2) is 24.3 Å². The third kappa shape index (κ3) is 3.14. The lowest BCUT2D eigenvalue weighted by Crippen LogP contribution is -2.25. The molecule has 20 heavy (non-hydrogen) atoms. The third-order valence-corrected chi connectivity index (χ3v) is 3.15. The molecule has 1 atom stereocenters. The van der Waals surface area contributed by atoms with Crippen molar-refractivity contribution in [2.75, 3.05) is 26.0 Å². The summed E-state index contributed by atoms with van der Waals surface area (Å²) in [7, 11) is 3.37. The van der Waals surface area contributed by atoms with Crippen LogP contribution in [0.2, 0.25) is 0 Å². The Morgan fingerprint density at radius 3 is 2.40 bits per heavy atom. The van der Waals surface area contributed by atoms with E-state index < -0.39 is 0 Å². The summed E-state index contributed by atoms with van der Waals surface area (Å²) in [5.74, 6) is -0.703. The minimum Gasteiger partial charge on any atom is -0.355 e. The maximum absolute atomic E-state index is 11.9. The predicted molar refractivity (Wildman–Crippen MR) is 74.2 cm³/mol. The van der Waals surface area contributed by atoms with E-state index in [1.54, 1.807) is 38.4 Å². The molecule has 1 aliphatic heterocycles. The lowest BCUT2D eigenvalue weighted by molar-refractivity contribution is -0.123. The van der Waals surface area contributed by atoms with Crippen molar-refractivity contribution in [3.05, 3.63) is 29.8 Å². The number of nitrogens with one attached hydrogen (secondary N) is 2. The molecule has 2 N–H and O–H groups in total. The highest BCUT2D eigenvalue weighted by Gasteiger charge is 2.27. The first kappa shape index (κ1) is 14.0. The predicted octanol–water partition coefficient (Wildman–Crippen LogP) is 0.463. The fourth-order valence-corrected chi connectivity index (χ4v) is 1.99. The minimum atomic E-state index is -0.328. The van der Waals surface area contributed by atoms with Crippen LogP contribution < -0.4 is 10.6 Å². The van der Waals surface area contributed by atoms with Crippen molar-refractivity contribution >= 4 is 23.4 Å². The summed E-state index contributed by atoms with van der Waals surface area (Å²) in [6.45, 7) is 0.377. The number of anilines is 1. The second kappa shape index (κ2) is 5.73. The summed E-state index contributed by atoms with van der Waals surface area (Å²) in [5.41, 5.74) is 1.18. The number of rotatable bonds is 3. The van der Waals surface area contributed by atoms with Gasteiger partial charge in [-0.25, -0.2) is 0 Å². The zero-order valence-electron chi connectivity index (χ0n) is 11.5. The molecule has 0 spiro atoms. The maximum atomic E-state index is 11.9. The summed E-state index contributed by atoms with van der Waals surface area (Å²) in [5, 5.41) is 5.37. The quantitative estimate of drug-likeness (QED) is 0.841. The molecule has 0 bridgehead atoms. The fraction of sp³-hybridized carbons (Fsp3) is 0.357. The number of carbonyl (C=O) groups is 3. The lowest BCUT2D eigenvalue weighted by atomic mass is 10.1. The van der Waals surface area contributed by atoms with Gasteiger partial charge in [-0.05, 0) is 24.3 Å². The van der Waals surface area contributed by atoms with Gasteiger partial charge in [-0.15, -0.1) is 0 Å². The highest BCUT2D eigenvalue weighted by atomic mass is 16.2. The monoisotopic (exact) mass is 275 g/mol. The molecule has 0 radical (unpaired) electrons. The molecule has 3 amide bonds. The van der Waals surface area contributed by atoms with Gasteiger partial charge in [-0.1, -0.05) is 0 Å². The van der Waals surface area contributed by atoms with E-state index in [9.17, 15) is 14.4 Å². The van der Waals surface area contributed by atoms with Gasteiger partial charge >= 0.3 is 0 Å². The first-order chi connectivity index (χ1) is 9.47. The van der Waals surface area contributed by atoms with E-state index in [1.807, 2.05) is 0 Å². The van der Waals surface area contributed by atoms with Crippen molar-refractivity contribution < 1.29 is 14.4 Å². The van der Waals surface area contributed by atoms with Gasteiger partial charge in [0.05, 0.1) is 5.92 Å². The van der Waals surface area contributed by atoms with Crippen molar-refractivity contribution in [2.24, 2.45) is 5.92 Å². The van der Waals surface area contributed by atoms with Crippen LogP contribution in [-0.4, -0.2) is 43.3 Å². The van der Waals surface area contributed by atoms with E-state index in [0.717, 1.165) is 0 Å². The van der Waals surface area contributed by atoms with E-state index in [4.69, 9.17) is 0 Å². The van der Waals surface area contributed by atoms with Crippen LogP contribution in [0, 0.1) is 5.92 Å². The Morgan fingerprint density at radius 2 is 1.90 bits per heavy atom. The summed E-state index contributed by atoms with van der Waals surface area (Å²) in [4.78, 5) is 36.2. The molecule has 1 unspecified atom stereocenters. The first-order valence-corrected chi connectivity index (χ1v) is 6.36. The number of amides is 3. The molecule has 1 aromatic carbocycles. The highest BCUT2D eigenvalue weighted by molar-refractivity contribution is 5.98. The van der Waals surface area contributed by atoms with Crippen molar-refractivity contribution in [1.82, 2.24) is 10.2 Å². The molecule has 1 fully saturated rings. The average molecular weight is 275 g/mol. The Bertz CT molecular complexity index is 537. The molecule has 1 aliphatic rings. The lowest BCUT2D eigenvalue weighted by Gasteiger charge is -2.12. The van der Waals surface area contributed by atoms with Crippen molar-refractivity contribution in [3.8, 4) is 0 Å². The second-order valence-electron chi connectivity index (χ2n) is 4.97.